The highest BCUT2D eigenvalue weighted by atomic mass is 35.5. The van der Waals surface area contributed by atoms with Crippen molar-refractivity contribution in [3.05, 3.63) is 75.8 Å². The molecule has 29 heavy (non-hydrogen) atoms. The first-order valence-corrected chi connectivity index (χ1v) is 10.3. The lowest BCUT2D eigenvalue weighted by Crippen LogP contribution is -2.31. The summed E-state index contributed by atoms with van der Waals surface area (Å²) in [6, 6.07) is 14.5. The molecule has 154 valence electrons. The second-order valence-corrected chi connectivity index (χ2v) is 7.68. The average Bonchev–Trinajstić information content (AvgIpc) is 3.16. The summed E-state index contributed by atoms with van der Waals surface area (Å²) in [5, 5.41) is 18.7. The van der Waals surface area contributed by atoms with Crippen molar-refractivity contribution in [2.75, 3.05) is 19.7 Å². The van der Waals surface area contributed by atoms with Crippen molar-refractivity contribution < 1.29 is 15.1 Å². The van der Waals surface area contributed by atoms with E-state index < -0.39 is 5.91 Å². The predicted octanol–water partition coefficient (Wildman–Crippen LogP) is 3.77. The first kappa shape index (κ1) is 21.5. The molecule has 3 rings (SSSR count). The Morgan fingerprint density at radius 3 is 2.83 bits per heavy atom. The van der Waals surface area contributed by atoms with Crippen LogP contribution in [-0.4, -0.2) is 40.8 Å². The number of carbonyl (C=O) groups is 1. The van der Waals surface area contributed by atoms with E-state index in [2.05, 4.69) is 23.1 Å². The topological polar surface area (TPSA) is 72.8 Å². The van der Waals surface area contributed by atoms with Crippen LogP contribution in [-0.2, 0) is 17.6 Å². The Hall–Kier alpha value is -2.18. The molecule has 0 aliphatic heterocycles. The highest BCUT2D eigenvalue weighted by molar-refractivity contribution is 6.31. The highest BCUT2D eigenvalue weighted by Gasteiger charge is 2.27. The van der Waals surface area contributed by atoms with Gasteiger partial charge in [0.15, 0.2) is 0 Å². The first-order chi connectivity index (χ1) is 14.1. The van der Waals surface area contributed by atoms with Crippen molar-refractivity contribution in [3.8, 4) is 0 Å². The summed E-state index contributed by atoms with van der Waals surface area (Å²) >= 11 is 6.32. The lowest BCUT2D eigenvalue weighted by Gasteiger charge is -2.30. The minimum Gasteiger partial charge on any atom is -0.396 e. The lowest BCUT2D eigenvalue weighted by molar-refractivity contribution is -0.124. The number of hydroxylamine groups is 1. The Morgan fingerprint density at radius 1 is 1.24 bits per heavy atom. The van der Waals surface area contributed by atoms with Gasteiger partial charge in [-0.05, 0) is 60.1 Å². The monoisotopic (exact) mass is 414 g/mol. The van der Waals surface area contributed by atoms with E-state index in [9.17, 15) is 9.90 Å². The molecule has 0 unspecified atom stereocenters. The van der Waals surface area contributed by atoms with Crippen molar-refractivity contribution in [1.29, 1.82) is 0 Å². The van der Waals surface area contributed by atoms with Gasteiger partial charge >= 0.3 is 0 Å². The number of rotatable bonds is 9. The SMILES string of the molecule is O=C(C=Cc1ccc2c(c1)CC[C@@H]2N(CCCO)CCc1ccccc1Cl)NO. The normalized spacial score (nSPS) is 15.8. The van der Waals surface area contributed by atoms with Crippen LogP contribution in [0.25, 0.3) is 6.08 Å². The van der Waals surface area contributed by atoms with Gasteiger partial charge in [0.1, 0.15) is 0 Å². The van der Waals surface area contributed by atoms with E-state index in [-0.39, 0.29) is 6.61 Å². The van der Waals surface area contributed by atoms with E-state index in [0.717, 1.165) is 54.9 Å². The van der Waals surface area contributed by atoms with Crippen LogP contribution in [0.4, 0.5) is 0 Å². The fourth-order valence-corrected chi connectivity index (χ4v) is 4.20. The van der Waals surface area contributed by atoms with Crippen LogP contribution in [0.15, 0.2) is 48.5 Å². The van der Waals surface area contributed by atoms with Crippen LogP contribution in [0, 0.1) is 0 Å². The van der Waals surface area contributed by atoms with E-state index in [1.807, 2.05) is 24.3 Å². The van der Waals surface area contributed by atoms with Gasteiger partial charge in [0.2, 0.25) is 0 Å². The number of aliphatic hydroxyl groups excluding tert-OH is 1. The third-order valence-corrected chi connectivity index (χ3v) is 5.79. The lowest BCUT2D eigenvalue weighted by atomic mass is 10.0. The van der Waals surface area contributed by atoms with Gasteiger partial charge < -0.3 is 5.11 Å². The standard InChI is InChI=1S/C23H27ClN2O3/c24-21-5-2-1-4-18(21)12-14-26(13-3-15-27)22-10-8-19-16-17(6-9-20(19)22)7-11-23(28)25-29/h1-2,4-7,9,11,16,22,27,29H,3,8,10,12-15H2,(H,25,28)/t22-/m0/s1. The number of nitrogens with zero attached hydrogens (tertiary/aromatic N) is 1. The number of hydrogen-bond acceptors (Lipinski definition) is 4. The largest absolute Gasteiger partial charge is 0.396 e. The highest BCUT2D eigenvalue weighted by Crippen LogP contribution is 2.36. The summed E-state index contributed by atoms with van der Waals surface area (Å²) in [5.74, 6) is -0.543. The summed E-state index contributed by atoms with van der Waals surface area (Å²) in [6.45, 7) is 1.90. The van der Waals surface area contributed by atoms with Crippen molar-refractivity contribution >= 4 is 23.6 Å². The molecule has 1 aliphatic rings. The third kappa shape index (κ3) is 5.67. The molecule has 2 aromatic rings. The number of nitrogens with one attached hydrogen (secondary N) is 1. The van der Waals surface area contributed by atoms with Crippen LogP contribution in [0.5, 0.6) is 0 Å². The van der Waals surface area contributed by atoms with Gasteiger partial charge in [-0.25, -0.2) is 5.48 Å². The van der Waals surface area contributed by atoms with E-state index in [1.165, 1.54) is 17.2 Å². The van der Waals surface area contributed by atoms with Gasteiger partial charge in [0.25, 0.3) is 5.91 Å². The van der Waals surface area contributed by atoms with Crippen LogP contribution < -0.4 is 5.48 Å². The second-order valence-electron chi connectivity index (χ2n) is 7.28. The minimum atomic E-state index is -0.543. The number of aliphatic hydroxyl groups is 1. The van der Waals surface area contributed by atoms with Crippen LogP contribution >= 0.6 is 11.6 Å². The summed E-state index contributed by atoms with van der Waals surface area (Å²) in [6.07, 6.45) is 6.63. The van der Waals surface area contributed by atoms with Crippen LogP contribution in [0.3, 0.4) is 0 Å². The second kappa shape index (κ2) is 10.6. The molecule has 0 radical (unpaired) electrons. The summed E-state index contributed by atoms with van der Waals surface area (Å²) in [4.78, 5) is 13.6. The summed E-state index contributed by atoms with van der Waals surface area (Å²) < 4.78 is 0. The third-order valence-electron chi connectivity index (χ3n) is 5.42. The molecule has 2 aromatic carbocycles. The molecule has 6 heteroatoms. The van der Waals surface area contributed by atoms with Crippen LogP contribution in [0.2, 0.25) is 5.02 Å². The summed E-state index contributed by atoms with van der Waals surface area (Å²) in [7, 11) is 0. The Labute approximate surface area is 176 Å². The number of hydrogen-bond donors (Lipinski definition) is 3. The average molecular weight is 415 g/mol. The van der Waals surface area contributed by atoms with Crippen LogP contribution in [0.1, 0.15) is 41.1 Å². The maximum absolute atomic E-state index is 11.2. The molecule has 5 nitrogen and oxygen atoms in total. The molecule has 0 bridgehead atoms. The fourth-order valence-electron chi connectivity index (χ4n) is 3.97. The zero-order chi connectivity index (χ0) is 20.6. The first-order valence-electron chi connectivity index (χ1n) is 9.95. The zero-order valence-corrected chi connectivity index (χ0v) is 17.1. The molecule has 0 saturated carbocycles. The molecule has 3 N–H and O–H groups in total. The van der Waals surface area contributed by atoms with Crippen molar-refractivity contribution in [2.24, 2.45) is 0 Å². The maximum Gasteiger partial charge on any atom is 0.267 e. The Balaban J connectivity index is 1.74. The molecular weight excluding hydrogens is 388 g/mol. The number of aryl methyl sites for hydroxylation is 1. The molecule has 0 spiro atoms. The zero-order valence-electron chi connectivity index (χ0n) is 16.4. The minimum absolute atomic E-state index is 0.179. The quantitative estimate of drug-likeness (QED) is 0.332. The molecule has 0 aromatic heterocycles. The maximum atomic E-state index is 11.2. The number of benzene rings is 2. The van der Waals surface area contributed by atoms with Crippen molar-refractivity contribution in [1.82, 2.24) is 10.4 Å². The van der Waals surface area contributed by atoms with Gasteiger partial charge in [-0.15, -0.1) is 0 Å². The van der Waals surface area contributed by atoms with Crippen molar-refractivity contribution in [2.45, 2.75) is 31.7 Å². The van der Waals surface area contributed by atoms with Gasteiger partial charge in [0, 0.05) is 36.8 Å². The van der Waals surface area contributed by atoms with E-state index in [4.69, 9.17) is 16.8 Å². The van der Waals surface area contributed by atoms with Crippen molar-refractivity contribution in [3.63, 3.8) is 0 Å². The Kier molecular flexibility index (Phi) is 7.83. The summed E-state index contributed by atoms with van der Waals surface area (Å²) in [5.41, 5.74) is 6.27. The number of carbonyl (C=O) groups excluding carboxylic acids is 1. The van der Waals surface area contributed by atoms with E-state index >= 15 is 0 Å². The smallest absolute Gasteiger partial charge is 0.267 e. The molecule has 1 amide bonds. The molecular formula is C23H27ClN2O3. The molecule has 1 aliphatic carbocycles. The molecule has 0 fully saturated rings. The molecule has 1 atom stereocenters. The molecule has 0 heterocycles. The van der Waals surface area contributed by atoms with Gasteiger partial charge in [0.05, 0.1) is 0 Å². The van der Waals surface area contributed by atoms with E-state index in [0.29, 0.717) is 6.04 Å². The number of fused-ring (bicyclic) bond motifs is 1. The van der Waals surface area contributed by atoms with Gasteiger partial charge in [-0.3, -0.25) is 14.9 Å². The Morgan fingerprint density at radius 2 is 2.07 bits per heavy atom. The van der Waals surface area contributed by atoms with E-state index in [1.54, 1.807) is 11.6 Å². The molecule has 0 saturated heterocycles. The Bertz CT molecular complexity index is 869. The fraction of sp³-hybridized carbons (Fsp3) is 0.348. The number of halogens is 1. The van der Waals surface area contributed by atoms with Gasteiger partial charge in [-0.1, -0.05) is 48.0 Å². The van der Waals surface area contributed by atoms with Gasteiger partial charge in [-0.2, -0.15) is 0 Å². The predicted molar refractivity (Wildman–Crippen MR) is 115 cm³/mol. The number of amides is 1.